The molecule has 1 aromatic carbocycles. The molecule has 0 saturated heterocycles. The number of ketones is 1. The number of dihydropyridines is 1. The fourth-order valence-electron chi connectivity index (χ4n) is 4.95. The summed E-state index contributed by atoms with van der Waals surface area (Å²) in [6.45, 7) is 1.78. The number of allylic oxidation sites excluding steroid dienone is 3. The lowest BCUT2D eigenvalue weighted by molar-refractivity contribution is -0.149. The smallest absolute Gasteiger partial charge is 0.336 e. The molecule has 1 aromatic heterocycles. The van der Waals surface area contributed by atoms with Crippen molar-refractivity contribution in [3.63, 3.8) is 0 Å². The van der Waals surface area contributed by atoms with E-state index in [0.29, 0.717) is 46.0 Å². The van der Waals surface area contributed by atoms with Gasteiger partial charge in [0.05, 0.1) is 34.0 Å². The highest BCUT2D eigenvalue weighted by atomic mass is 32.1. The molecule has 0 unspecified atom stereocenters. The quantitative estimate of drug-likeness (QED) is 0.476. The first-order chi connectivity index (χ1) is 16.9. The third kappa shape index (κ3) is 4.20. The van der Waals surface area contributed by atoms with Gasteiger partial charge in [-0.1, -0.05) is 12.1 Å². The van der Waals surface area contributed by atoms with Crippen LogP contribution in [0.5, 0.6) is 11.5 Å². The number of nitrogens with one attached hydrogen (secondary N) is 1. The Kier molecular flexibility index (Phi) is 6.98. The monoisotopic (exact) mass is 497 g/mol. The predicted molar refractivity (Wildman–Crippen MR) is 129 cm³/mol. The Hall–Kier alpha value is -3.59. The molecule has 2 aromatic rings. The van der Waals surface area contributed by atoms with Gasteiger partial charge in [-0.25, -0.2) is 4.79 Å². The van der Waals surface area contributed by atoms with Gasteiger partial charge in [0.1, 0.15) is 5.92 Å². The number of hydrogen-bond acceptors (Lipinski definition) is 9. The van der Waals surface area contributed by atoms with Crippen LogP contribution >= 0.6 is 11.3 Å². The number of ether oxygens (including phenoxy) is 4. The van der Waals surface area contributed by atoms with Gasteiger partial charge in [0.25, 0.3) is 0 Å². The van der Waals surface area contributed by atoms with E-state index in [1.807, 2.05) is 17.5 Å². The fraction of sp³-hybridized carbons (Fsp3) is 0.346. The van der Waals surface area contributed by atoms with E-state index in [1.54, 1.807) is 25.1 Å². The molecule has 4 rings (SSSR count). The molecule has 9 heteroatoms. The summed E-state index contributed by atoms with van der Waals surface area (Å²) in [5, 5.41) is 5.18. The lowest BCUT2D eigenvalue weighted by Gasteiger charge is -2.39. The number of hydrogen-bond donors (Lipinski definition) is 1. The summed E-state index contributed by atoms with van der Waals surface area (Å²) in [7, 11) is 5.62. The van der Waals surface area contributed by atoms with Gasteiger partial charge < -0.3 is 24.3 Å². The van der Waals surface area contributed by atoms with E-state index >= 15 is 0 Å². The highest BCUT2D eigenvalue weighted by molar-refractivity contribution is 7.10. The molecule has 0 amide bonds. The minimum Gasteiger partial charge on any atom is -0.493 e. The van der Waals surface area contributed by atoms with Gasteiger partial charge in [-0.05, 0) is 42.5 Å². The van der Waals surface area contributed by atoms with E-state index in [-0.39, 0.29) is 11.7 Å². The number of benzene rings is 1. The van der Waals surface area contributed by atoms with Crippen LogP contribution in [0.1, 0.15) is 35.6 Å². The molecule has 1 N–H and O–H groups in total. The molecule has 0 fully saturated rings. The number of thiophene rings is 1. The molecule has 0 saturated carbocycles. The van der Waals surface area contributed by atoms with Gasteiger partial charge in [0.2, 0.25) is 0 Å². The van der Waals surface area contributed by atoms with E-state index in [0.717, 1.165) is 4.88 Å². The van der Waals surface area contributed by atoms with E-state index in [2.05, 4.69) is 5.32 Å². The molecule has 0 spiro atoms. The Labute approximate surface area is 207 Å². The van der Waals surface area contributed by atoms with Crippen molar-refractivity contribution in [3.8, 4) is 11.5 Å². The van der Waals surface area contributed by atoms with Crippen LogP contribution in [0.25, 0.3) is 0 Å². The molecule has 2 heterocycles. The highest BCUT2D eigenvalue weighted by Crippen LogP contribution is 2.49. The topological polar surface area (TPSA) is 100 Å². The molecule has 1 aliphatic heterocycles. The molecule has 2 aliphatic rings. The van der Waals surface area contributed by atoms with Crippen molar-refractivity contribution in [2.24, 2.45) is 5.92 Å². The van der Waals surface area contributed by atoms with Crippen molar-refractivity contribution in [2.75, 3.05) is 28.4 Å². The number of Topliss-reactive ketones (excluding diaryl/α,β-unsaturated/α-hetero) is 1. The maximum absolute atomic E-state index is 14.1. The molecule has 35 heavy (non-hydrogen) atoms. The number of esters is 2. The summed E-state index contributed by atoms with van der Waals surface area (Å²) in [5.74, 6) is -2.74. The summed E-state index contributed by atoms with van der Waals surface area (Å²) < 4.78 is 21.0. The number of carbonyl (C=O) groups excluding carboxylic acids is 3. The lowest BCUT2D eigenvalue weighted by Crippen LogP contribution is -2.43. The van der Waals surface area contributed by atoms with E-state index < -0.39 is 23.8 Å². The van der Waals surface area contributed by atoms with Crippen molar-refractivity contribution in [1.82, 2.24) is 5.32 Å². The Morgan fingerprint density at radius 3 is 2.37 bits per heavy atom. The molecule has 3 atom stereocenters. The molecular weight excluding hydrogens is 470 g/mol. The van der Waals surface area contributed by atoms with Crippen LogP contribution in [0.3, 0.4) is 0 Å². The summed E-state index contributed by atoms with van der Waals surface area (Å²) in [6.07, 6.45) is 0.414. The number of carbonyl (C=O) groups is 3. The van der Waals surface area contributed by atoms with Gasteiger partial charge in [-0.15, -0.1) is 11.3 Å². The first kappa shape index (κ1) is 24.5. The maximum atomic E-state index is 14.1. The third-order valence-electron chi connectivity index (χ3n) is 6.53. The molecule has 1 aliphatic carbocycles. The number of rotatable bonds is 6. The lowest BCUT2D eigenvalue weighted by atomic mass is 9.68. The highest BCUT2D eigenvalue weighted by Gasteiger charge is 2.49. The molecule has 0 bridgehead atoms. The van der Waals surface area contributed by atoms with Crippen molar-refractivity contribution in [3.05, 3.63) is 68.7 Å². The predicted octanol–water partition coefficient (Wildman–Crippen LogP) is 3.70. The van der Waals surface area contributed by atoms with Crippen LogP contribution in [0.4, 0.5) is 0 Å². The van der Waals surface area contributed by atoms with Crippen LogP contribution in [0.15, 0.2) is 58.3 Å². The maximum Gasteiger partial charge on any atom is 0.336 e. The number of methoxy groups -OCH3 is 4. The first-order valence-corrected chi connectivity index (χ1v) is 11.9. The average Bonchev–Trinajstić information content (AvgIpc) is 3.41. The van der Waals surface area contributed by atoms with Crippen molar-refractivity contribution in [2.45, 2.75) is 25.2 Å². The standard InChI is InChI=1S/C26H27NO7S/c1-13-20(25(29)33-4)21(14-8-9-17(31-2)18(11-14)32-3)23-16(27-13)12-15(19-7-6-10-35-19)22(24(23)28)26(30)34-5/h6-11,15,21-22,27H,12H2,1-5H3/t15-,21+,22+/m1/s1. The van der Waals surface area contributed by atoms with E-state index in [9.17, 15) is 14.4 Å². The molecule has 0 radical (unpaired) electrons. The molecular formula is C26H27NO7S. The summed E-state index contributed by atoms with van der Waals surface area (Å²) in [4.78, 5) is 40.8. The van der Waals surface area contributed by atoms with Gasteiger partial charge in [0.15, 0.2) is 17.3 Å². The van der Waals surface area contributed by atoms with E-state index in [1.165, 1.54) is 39.8 Å². The van der Waals surface area contributed by atoms with Crippen LogP contribution < -0.4 is 14.8 Å². The zero-order valence-electron chi connectivity index (χ0n) is 20.2. The van der Waals surface area contributed by atoms with Gasteiger partial charge in [-0.2, -0.15) is 0 Å². The van der Waals surface area contributed by atoms with Crippen LogP contribution in [-0.4, -0.2) is 46.2 Å². The second-order valence-electron chi connectivity index (χ2n) is 8.29. The van der Waals surface area contributed by atoms with Crippen LogP contribution in [0.2, 0.25) is 0 Å². The van der Waals surface area contributed by atoms with Gasteiger partial charge in [0, 0.05) is 33.7 Å². The largest absolute Gasteiger partial charge is 0.493 e. The second kappa shape index (κ2) is 9.95. The summed E-state index contributed by atoms with van der Waals surface area (Å²) >= 11 is 1.49. The van der Waals surface area contributed by atoms with Gasteiger partial charge >= 0.3 is 11.9 Å². The summed E-state index contributed by atoms with van der Waals surface area (Å²) in [5.41, 5.74) is 2.56. The zero-order valence-corrected chi connectivity index (χ0v) is 21.0. The minimum atomic E-state index is -1.03. The van der Waals surface area contributed by atoms with Crippen molar-refractivity contribution in [1.29, 1.82) is 0 Å². The molecule has 8 nitrogen and oxygen atoms in total. The Morgan fingerprint density at radius 1 is 1.03 bits per heavy atom. The third-order valence-corrected chi connectivity index (χ3v) is 7.53. The average molecular weight is 498 g/mol. The van der Waals surface area contributed by atoms with Crippen LogP contribution in [0, 0.1) is 5.92 Å². The first-order valence-electron chi connectivity index (χ1n) is 11.0. The van der Waals surface area contributed by atoms with Gasteiger partial charge in [-0.3, -0.25) is 9.59 Å². The normalized spacial score (nSPS) is 21.7. The summed E-state index contributed by atoms with van der Waals surface area (Å²) in [6, 6.07) is 9.05. The Morgan fingerprint density at radius 2 is 1.77 bits per heavy atom. The SMILES string of the molecule is COC(=O)C1=C(C)NC2=C(C(=O)[C@@H](C(=O)OC)[C@@H](c3cccs3)C2)[C@H]1c1ccc(OC)c(OC)c1. The molecule has 184 valence electrons. The minimum absolute atomic E-state index is 0.296. The Balaban J connectivity index is 1.93. The van der Waals surface area contributed by atoms with Crippen molar-refractivity contribution >= 4 is 29.1 Å². The Bertz CT molecular complexity index is 1230. The zero-order chi connectivity index (χ0) is 25.3. The van der Waals surface area contributed by atoms with Crippen molar-refractivity contribution < 1.29 is 33.3 Å². The van der Waals surface area contributed by atoms with E-state index in [4.69, 9.17) is 18.9 Å². The van der Waals surface area contributed by atoms with Crippen LogP contribution in [-0.2, 0) is 23.9 Å². The second-order valence-corrected chi connectivity index (χ2v) is 9.27. The fourth-order valence-corrected chi connectivity index (χ4v) is 5.81.